The molecule has 0 atom stereocenters. The van der Waals surface area contributed by atoms with Gasteiger partial charge in [-0.2, -0.15) is 0 Å². The van der Waals surface area contributed by atoms with Crippen LogP contribution >= 0.6 is 0 Å². The Morgan fingerprint density at radius 2 is 1.81 bits per heavy atom. The van der Waals surface area contributed by atoms with Gasteiger partial charge in [-0.3, -0.25) is 10.2 Å². The first-order valence-corrected chi connectivity index (χ1v) is 10.1. The van der Waals surface area contributed by atoms with E-state index in [0.717, 1.165) is 10.9 Å². The van der Waals surface area contributed by atoms with Crippen molar-refractivity contribution in [3.05, 3.63) is 60.8 Å². The van der Waals surface area contributed by atoms with E-state index in [1.54, 1.807) is 12.1 Å². The number of para-hydroxylation sites is 1. The van der Waals surface area contributed by atoms with E-state index in [4.69, 9.17) is 4.74 Å². The minimum atomic E-state index is -3.84. The Labute approximate surface area is 158 Å². The highest BCUT2D eigenvalue weighted by molar-refractivity contribution is 7.89. The third kappa shape index (κ3) is 4.66. The molecule has 142 valence electrons. The lowest BCUT2D eigenvalue weighted by molar-refractivity contribution is -0.121. The van der Waals surface area contributed by atoms with E-state index in [1.807, 2.05) is 48.0 Å². The molecule has 0 unspecified atom stereocenters. The molecule has 0 aliphatic heterocycles. The van der Waals surface area contributed by atoms with Gasteiger partial charge in [0.2, 0.25) is 5.91 Å². The SMILES string of the molecule is CCOc1ccc(S(=O)(=O)NNC(=O)CCn2ccc3ccccc32)cc1. The van der Waals surface area contributed by atoms with E-state index in [9.17, 15) is 13.2 Å². The molecule has 1 aromatic heterocycles. The van der Waals surface area contributed by atoms with Crippen LogP contribution in [0.4, 0.5) is 0 Å². The van der Waals surface area contributed by atoms with Gasteiger partial charge >= 0.3 is 0 Å². The van der Waals surface area contributed by atoms with Gasteiger partial charge in [-0.15, -0.1) is 4.83 Å². The molecule has 2 aromatic carbocycles. The fraction of sp³-hybridized carbons (Fsp3) is 0.211. The van der Waals surface area contributed by atoms with Crippen molar-refractivity contribution in [3.63, 3.8) is 0 Å². The molecule has 7 nitrogen and oxygen atoms in total. The number of carbonyl (C=O) groups excluding carboxylic acids is 1. The molecule has 0 aliphatic carbocycles. The lowest BCUT2D eigenvalue weighted by Gasteiger charge is -2.10. The molecule has 0 saturated carbocycles. The number of fused-ring (bicyclic) bond motifs is 1. The Morgan fingerprint density at radius 1 is 1.07 bits per heavy atom. The van der Waals surface area contributed by atoms with Crippen LogP contribution in [0.3, 0.4) is 0 Å². The summed E-state index contributed by atoms with van der Waals surface area (Å²) in [6, 6.07) is 15.8. The summed E-state index contributed by atoms with van der Waals surface area (Å²) in [4.78, 5) is 14.2. The van der Waals surface area contributed by atoms with Crippen molar-refractivity contribution in [2.75, 3.05) is 6.61 Å². The van der Waals surface area contributed by atoms with Gasteiger partial charge in [0.25, 0.3) is 10.0 Å². The van der Waals surface area contributed by atoms with Crippen molar-refractivity contribution in [2.24, 2.45) is 0 Å². The lowest BCUT2D eigenvalue weighted by Crippen LogP contribution is -2.41. The normalized spacial score (nSPS) is 11.4. The van der Waals surface area contributed by atoms with Crippen LogP contribution in [0.1, 0.15) is 13.3 Å². The number of rotatable bonds is 8. The number of hydrazine groups is 1. The molecule has 8 heteroatoms. The number of ether oxygens (including phenoxy) is 1. The van der Waals surface area contributed by atoms with E-state index < -0.39 is 15.9 Å². The number of nitrogens with one attached hydrogen (secondary N) is 2. The largest absolute Gasteiger partial charge is 0.494 e. The van der Waals surface area contributed by atoms with E-state index in [1.165, 1.54) is 12.1 Å². The van der Waals surface area contributed by atoms with Crippen molar-refractivity contribution in [1.82, 2.24) is 14.8 Å². The van der Waals surface area contributed by atoms with Crippen LogP contribution in [0.25, 0.3) is 10.9 Å². The minimum absolute atomic E-state index is 0.0441. The van der Waals surface area contributed by atoms with E-state index in [0.29, 0.717) is 18.9 Å². The number of aryl methyl sites for hydroxylation is 1. The summed E-state index contributed by atoms with van der Waals surface area (Å²) in [5.41, 5.74) is 3.28. The van der Waals surface area contributed by atoms with E-state index in [2.05, 4.69) is 10.3 Å². The van der Waals surface area contributed by atoms with E-state index in [-0.39, 0.29) is 11.3 Å². The molecule has 0 aliphatic rings. The van der Waals surface area contributed by atoms with Crippen LogP contribution in [0.5, 0.6) is 5.75 Å². The molecular formula is C19H21N3O4S. The molecule has 3 aromatic rings. The van der Waals surface area contributed by atoms with Gasteiger partial charge in [0.1, 0.15) is 5.75 Å². The monoisotopic (exact) mass is 387 g/mol. The molecule has 0 spiro atoms. The first-order valence-electron chi connectivity index (χ1n) is 8.57. The molecule has 1 heterocycles. The highest BCUT2D eigenvalue weighted by Crippen LogP contribution is 2.16. The summed E-state index contributed by atoms with van der Waals surface area (Å²) in [6.45, 7) is 2.79. The molecule has 0 fully saturated rings. The minimum Gasteiger partial charge on any atom is -0.494 e. The number of sulfonamides is 1. The second-order valence-corrected chi connectivity index (χ2v) is 7.56. The average molecular weight is 387 g/mol. The van der Waals surface area contributed by atoms with Gasteiger partial charge < -0.3 is 9.30 Å². The lowest BCUT2D eigenvalue weighted by atomic mass is 10.2. The zero-order chi connectivity index (χ0) is 19.3. The molecule has 0 radical (unpaired) electrons. The fourth-order valence-electron chi connectivity index (χ4n) is 2.68. The van der Waals surface area contributed by atoms with E-state index >= 15 is 0 Å². The summed E-state index contributed by atoms with van der Waals surface area (Å²) >= 11 is 0. The van der Waals surface area contributed by atoms with Gasteiger partial charge in [0.05, 0.1) is 11.5 Å². The van der Waals surface area contributed by atoms with Gasteiger partial charge in [-0.1, -0.05) is 18.2 Å². The summed E-state index contributed by atoms with van der Waals surface area (Å²) < 4.78 is 31.7. The Kier molecular flexibility index (Phi) is 5.78. The number of amides is 1. The third-order valence-electron chi connectivity index (χ3n) is 4.03. The van der Waals surface area contributed by atoms with Crippen molar-refractivity contribution < 1.29 is 17.9 Å². The summed E-state index contributed by atoms with van der Waals surface area (Å²) in [5, 5.41) is 1.09. The third-order valence-corrected chi connectivity index (χ3v) is 5.29. The van der Waals surface area contributed by atoms with Crippen LogP contribution in [0, 0.1) is 0 Å². The van der Waals surface area contributed by atoms with Gasteiger partial charge in [0.15, 0.2) is 0 Å². The summed E-state index contributed by atoms with van der Waals surface area (Å²) in [5.74, 6) is 0.168. The van der Waals surface area contributed by atoms with Crippen molar-refractivity contribution in [1.29, 1.82) is 0 Å². The Bertz CT molecular complexity index is 1030. The molecule has 0 bridgehead atoms. The molecule has 0 saturated heterocycles. The Hall–Kier alpha value is -2.84. The predicted octanol–water partition coefficient (Wildman–Crippen LogP) is 2.44. The van der Waals surface area contributed by atoms with Crippen LogP contribution in [0.2, 0.25) is 0 Å². The van der Waals surface area contributed by atoms with Crippen LogP contribution in [0.15, 0.2) is 65.7 Å². The first-order chi connectivity index (χ1) is 13.0. The quantitative estimate of drug-likeness (QED) is 0.581. The summed E-state index contributed by atoms with van der Waals surface area (Å²) in [7, 11) is -3.84. The number of benzene rings is 2. The smallest absolute Gasteiger partial charge is 0.257 e. The molecule has 2 N–H and O–H groups in total. The maximum absolute atomic E-state index is 12.2. The maximum atomic E-state index is 12.2. The number of hydrogen-bond donors (Lipinski definition) is 2. The fourth-order valence-corrected chi connectivity index (χ4v) is 3.55. The topological polar surface area (TPSA) is 89.4 Å². The Balaban J connectivity index is 1.54. The number of hydrogen-bond acceptors (Lipinski definition) is 4. The number of nitrogens with zero attached hydrogens (tertiary/aromatic N) is 1. The van der Waals surface area contributed by atoms with Crippen LogP contribution in [-0.2, 0) is 21.4 Å². The summed E-state index contributed by atoms with van der Waals surface area (Å²) in [6.07, 6.45) is 2.05. The molecule has 3 rings (SSSR count). The predicted molar refractivity (Wildman–Crippen MR) is 103 cm³/mol. The highest BCUT2D eigenvalue weighted by atomic mass is 32.2. The van der Waals surface area contributed by atoms with Crippen molar-refractivity contribution in [2.45, 2.75) is 24.8 Å². The highest BCUT2D eigenvalue weighted by Gasteiger charge is 2.15. The average Bonchev–Trinajstić information content (AvgIpc) is 3.09. The van der Waals surface area contributed by atoms with Crippen molar-refractivity contribution in [3.8, 4) is 5.75 Å². The zero-order valence-corrected chi connectivity index (χ0v) is 15.7. The maximum Gasteiger partial charge on any atom is 0.257 e. The first kappa shape index (κ1) is 18.9. The molecule has 1 amide bonds. The molecule has 27 heavy (non-hydrogen) atoms. The molecular weight excluding hydrogens is 366 g/mol. The van der Waals surface area contributed by atoms with Gasteiger partial charge in [-0.05, 0) is 48.7 Å². The van der Waals surface area contributed by atoms with Crippen LogP contribution < -0.4 is 15.0 Å². The zero-order valence-electron chi connectivity index (χ0n) is 14.9. The van der Waals surface area contributed by atoms with Gasteiger partial charge in [0, 0.05) is 24.7 Å². The number of carbonyl (C=O) groups is 1. The second-order valence-electron chi connectivity index (χ2n) is 5.88. The standard InChI is InChI=1S/C19H21N3O4S/c1-2-26-16-7-9-17(10-8-16)27(24,25)21-20-19(23)12-14-22-13-11-15-5-3-4-6-18(15)22/h3-11,13,21H,2,12,14H2,1H3,(H,20,23). The van der Waals surface area contributed by atoms with Crippen molar-refractivity contribution >= 4 is 26.8 Å². The number of aromatic nitrogens is 1. The second kappa shape index (κ2) is 8.24. The van der Waals surface area contributed by atoms with Gasteiger partial charge in [-0.25, -0.2) is 8.42 Å². The Morgan fingerprint density at radius 3 is 2.56 bits per heavy atom. The van der Waals surface area contributed by atoms with Crippen LogP contribution in [-0.4, -0.2) is 25.5 Å².